The van der Waals surface area contributed by atoms with Gasteiger partial charge in [-0.15, -0.1) is 0 Å². The summed E-state index contributed by atoms with van der Waals surface area (Å²) in [5.41, 5.74) is 1.16. The van der Waals surface area contributed by atoms with Crippen LogP contribution in [0.4, 0.5) is 10.1 Å². The van der Waals surface area contributed by atoms with Crippen molar-refractivity contribution in [3.8, 4) is 0 Å². The van der Waals surface area contributed by atoms with Gasteiger partial charge in [-0.3, -0.25) is 0 Å². The van der Waals surface area contributed by atoms with Crippen LogP contribution < -0.4 is 4.90 Å². The molecule has 2 nitrogen and oxygen atoms in total. The number of anilines is 1. The topological polar surface area (TPSA) is 23.5 Å². The van der Waals surface area contributed by atoms with E-state index in [4.69, 9.17) is 0 Å². The van der Waals surface area contributed by atoms with E-state index in [1.54, 1.807) is 13.0 Å². The molecule has 1 rings (SSSR count). The smallest absolute Gasteiger partial charge is 0.131 e. The van der Waals surface area contributed by atoms with E-state index in [1.165, 1.54) is 6.07 Å². The predicted molar refractivity (Wildman–Crippen MR) is 74.4 cm³/mol. The van der Waals surface area contributed by atoms with E-state index in [0.29, 0.717) is 17.5 Å². The van der Waals surface area contributed by atoms with Gasteiger partial charge in [0.15, 0.2) is 0 Å². The Balaban J connectivity index is 3.05. The summed E-state index contributed by atoms with van der Waals surface area (Å²) in [6.07, 6.45) is 0.238. The molecule has 0 saturated carbocycles. The Morgan fingerprint density at radius 1 is 1.22 bits per heavy atom. The molecule has 1 aromatic carbocycles. The van der Waals surface area contributed by atoms with E-state index in [1.807, 2.05) is 18.0 Å². The van der Waals surface area contributed by atoms with Gasteiger partial charge in [-0.2, -0.15) is 0 Å². The minimum Gasteiger partial charge on any atom is -0.389 e. The summed E-state index contributed by atoms with van der Waals surface area (Å²) >= 11 is 0. The Labute approximate surface area is 109 Å². The number of aliphatic hydroxyl groups excluding tert-OH is 1. The van der Waals surface area contributed by atoms with Gasteiger partial charge in [0, 0.05) is 24.3 Å². The summed E-state index contributed by atoms with van der Waals surface area (Å²) in [7, 11) is 1.95. The SMILES string of the molecule is CC(C)CC(C)N(C)c1cccc(F)c1[C@H](C)O. The predicted octanol–water partition coefficient (Wildman–Crippen LogP) is 3.75. The molecule has 0 fully saturated rings. The largest absolute Gasteiger partial charge is 0.389 e. The Morgan fingerprint density at radius 2 is 1.83 bits per heavy atom. The number of hydrogen-bond acceptors (Lipinski definition) is 2. The summed E-state index contributed by atoms with van der Waals surface area (Å²) in [5, 5.41) is 9.73. The highest BCUT2D eigenvalue weighted by atomic mass is 19.1. The molecule has 1 unspecified atom stereocenters. The molecule has 0 saturated heterocycles. The highest BCUT2D eigenvalue weighted by molar-refractivity contribution is 5.55. The van der Waals surface area contributed by atoms with Crippen molar-refractivity contribution >= 4 is 5.69 Å². The van der Waals surface area contributed by atoms with Crippen molar-refractivity contribution in [2.75, 3.05) is 11.9 Å². The van der Waals surface area contributed by atoms with E-state index >= 15 is 0 Å². The van der Waals surface area contributed by atoms with Gasteiger partial charge in [0.1, 0.15) is 5.82 Å². The van der Waals surface area contributed by atoms with Crippen molar-refractivity contribution < 1.29 is 9.50 Å². The maximum Gasteiger partial charge on any atom is 0.131 e. The molecule has 0 amide bonds. The van der Waals surface area contributed by atoms with Crippen molar-refractivity contribution in [3.05, 3.63) is 29.6 Å². The average Bonchev–Trinajstić information content (AvgIpc) is 2.26. The Morgan fingerprint density at radius 3 is 2.33 bits per heavy atom. The van der Waals surface area contributed by atoms with Crippen LogP contribution in [0.3, 0.4) is 0 Å². The normalized spacial score (nSPS) is 14.7. The van der Waals surface area contributed by atoms with Crippen molar-refractivity contribution in [1.82, 2.24) is 0 Å². The molecule has 0 aliphatic heterocycles. The molecule has 18 heavy (non-hydrogen) atoms. The van der Waals surface area contributed by atoms with Gasteiger partial charge in [0.25, 0.3) is 0 Å². The monoisotopic (exact) mass is 253 g/mol. The van der Waals surface area contributed by atoms with E-state index < -0.39 is 6.10 Å². The highest BCUT2D eigenvalue weighted by Crippen LogP contribution is 2.30. The van der Waals surface area contributed by atoms with Crippen LogP contribution in [0.25, 0.3) is 0 Å². The van der Waals surface area contributed by atoms with Crippen LogP contribution in [0.5, 0.6) is 0 Å². The maximum absolute atomic E-state index is 13.8. The van der Waals surface area contributed by atoms with E-state index in [-0.39, 0.29) is 5.82 Å². The van der Waals surface area contributed by atoms with E-state index in [2.05, 4.69) is 20.8 Å². The lowest BCUT2D eigenvalue weighted by atomic mass is 10.0. The van der Waals surface area contributed by atoms with Crippen LogP contribution in [0.15, 0.2) is 18.2 Å². The van der Waals surface area contributed by atoms with Crippen molar-refractivity contribution in [2.45, 2.75) is 46.3 Å². The minimum absolute atomic E-state index is 0.310. The van der Waals surface area contributed by atoms with Crippen LogP contribution in [0.2, 0.25) is 0 Å². The molecule has 102 valence electrons. The Hall–Kier alpha value is -1.09. The molecular weight excluding hydrogens is 229 g/mol. The fourth-order valence-electron chi connectivity index (χ4n) is 2.32. The first-order valence-corrected chi connectivity index (χ1v) is 6.53. The highest BCUT2D eigenvalue weighted by Gasteiger charge is 2.19. The number of aliphatic hydroxyl groups is 1. The first kappa shape index (κ1) is 15.0. The lowest BCUT2D eigenvalue weighted by molar-refractivity contribution is 0.194. The number of nitrogens with zero attached hydrogens (tertiary/aromatic N) is 1. The van der Waals surface area contributed by atoms with Gasteiger partial charge >= 0.3 is 0 Å². The third-order valence-corrected chi connectivity index (χ3v) is 3.30. The molecule has 0 aliphatic rings. The zero-order valence-electron chi connectivity index (χ0n) is 11.9. The summed E-state index contributed by atoms with van der Waals surface area (Å²) in [4.78, 5) is 2.05. The second kappa shape index (κ2) is 6.19. The van der Waals surface area contributed by atoms with Crippen LogP contribution in [0, 0.1) is 11.7 Å². The van der Waals surface area contributed by atoms with Gasteiger partial charge in [0.05, 0.1) is 6.10 Å². The second-order valence-corrected chi connectivity index (χ2v) is 5.44. The Bertz CT molecular complexity index is 390. The zero-order valence-corrected chi connectivity index (χ0v) is 11.9. The average molecular weight is 253 g/mol. The van der Waals surface area contributed by atoms with Gasteiger partial charge in [-0.05, 0) is 38.3 Å². The molecule has 0 radical (unpaired) electrons. The van der Waals surface area contributed by atoms with Crippen molar-refractivity contribution in [1.29, 1.82) is 0 Å². The molecular formula is C15H24FNO. The summed E-state index contributed by atoms with van der Waals surface area (Å²) < 4.78 is 13.8. The molecule has 2 atom stereocenters. The number of hydrogen-bond donors (Lipinski definition) is 1. The van der Waals surface area contributed by atoms with Crippen LogP contribution in [-0.2, 0) is 0 Å². The first-order chi connectivity index (χ1) is 8.34. The van der Waals surface area contributed by atoms with Crippen molar-refractivity contribution in [2.24, 2.45) is 5.92 Å². The molecule has 0 heterocycles. The molecule has 0 aromatic heterocycles. The third kappa shape index (κ3) is 3.45. The van der Waals surface area contributed by atoms with E-state index in [0.717, 1.165) is 12.1 Å². The zero-order chi connectivity index (χ0) is 13.9. The quantitative estimate of drug-likeness (QED) is 0.864. The third-order valence-electron chi connectivity index (χ3n) is 3.30. The van der Waals surface area contributed by atoms with Crippen LogP contribution in [0.1, 0.15) is 45.8 Å². The molecule has 0 bridgehead atoms. The van der Waals surface area contributed by atoms with Crippen LogP contribution in [-0.4, -0.2) is 18.2 Å². The first-order valence-electron chi connectivity index (χ1n) is 6.53. The Kier molecular flexibility index (Phi) is 5.15. The summed E-state index contributed by atoms with van der Waals surface area (Å²) in [6, 6.07) is 5.26. The molecule has 0 aliphatic carbocycles. The number of rotatable bonds is 5. The molecule has 1 aromatic rings. The van der Waals surface area contributed by atoms with E-state index in [9.17, 15) is 9.50 Å². The van der Waals surface area contributed by atoms with Crippen LogP contribution >= 0.6 is 0 Å². The van der Waals surface area contributed by atoms with Gasteiger partial charge < -0.3 is 10.0 Å². The second-order valence-electron chi connectivity index (χ2n) is 5.44. The molecule has 1 N–H and O–H groups in total. The molecule has 3 heteroatoms. The standard InChI is InChI=1S/C15H24FNO/c1-10(2)9-11(3)17(5)14-8-6-7-13(16)15(14)12(4)18/h6-8,10-12,18H,9H2,1-5H3/t11?,12-/m0/s1. The number of benzene rings is 1. The fraction of sp³-hybridized carbons (Fsp3) is 0.600. The van der Waals surface area contributed by atoms with Gasteiger partial charge in [-0.25, -0.2) is 4.39 Å². The maximum atomic E-state index is 13.8. The van der Waals surface area contributed by atoms with Gasteiger partial charge in [0.2, 0.25) is 0 Å². The van der Waals surface area contributed by atoms with Crippen molar-refractivity contribution in [3.63, 3.8) is 0 Å². The summed E-state index contributed by atoms with van der Waals surface area (Å²) in [6.45, 7) is 8.07. The lowest BCUT2D eigenvalue weighted by Crippen LogP contribution is -2.31. The molecule has 0 spiro atoms. The fourth-order valence-corrected chi connectivity index (χ4v) is 2.32. The number of halogens is 1. The van der Waals surface area contributed by atoms with Gasteiger partial charge in [-0.1, -0.05) is 19.9 Å². The minimum atomic E-state index is -0.796. The summed E-state index contributed by atoms with van der Waals surface area (Å²) in [5.74, 6) is 0.247. The lowest BCUT2D eigenvalue weighted by Gasteiger charge is -2.31.